The summed E-state index contributed by atoms with van der Waals surface area (Å²) < 4.78 is 13.5. The first-order chi connectivity index (χ1) is 7.70. The normalized spacial score (nSPS) is 21.2. The van der Waals surface area contributed by atoms with E-state index in [9.17, 15) is 9.50 Å². The molecule has 3 N–H and O–H groups in total. The number of nitrogens with two attached hydrogens (primary N) is 1. The summed E-state index contributed by atoms with van der Waals surface area (Å²) in [5.41, 5.74) is 6.76. The van der Waals surface area contributed by atoms with Crippen molar-refractivity contribution in [1.82, 2.24) is 0 Å². The third kappa shape index (κ3) is 2.33. The van der Waals surface area contributed by atoms with Crippen LogP contribution in [0.15, 0.2) is 18.2 Å². The molecule has 1 atom stereocenters. The third-order valence-electron chi connectivity index (χ3n) is 3.02. The van der Waals surface area contributed by atoms with Crippen LogP contribution in [0.5, 0.6) is 0 Å². The van der Waals surface area contributed by atoms with Crippen molar-refractivity contribution in [2.75, 3.05) is 18.0 Å². The molecular formula is C12H17FN2O. The van der Waals surface area contributed by atoms with E-state index >= 15 is 0 Å². The highest BCUT2D eigenvalue weighted by Gasteiger charge is 2.18. The van der Waals surface area contributed by atoms with Gasteiger partial charge in [0.1, 0.15) is 5.82 Å². The average molecular weight is 224 g/mol. The number of hydrogen-bond acceptors (Lipinski definition) is 3. The number of aliphatic hydroxyl groups excluding tert-OH is 1. The summed E-state index contributed by atoms with van der Waals surface area (Å²) in [7, 11) is 0. The van der Waals surface area contributed by atoms with Gasteiger partial charge in [0.05, 0.1) is 6.10 Å². The van der Waals surface area contributed by atoms with Crippen LogP contribution < -0.4 is 10.6 Å². The maximum Gasteiger partial charge on any atom is 0.129 e. The molecular weight excluding hydrogens is 207 g/mol. The zero-order chi connectivity index (χ0) is 11.5. The monoisotopic (exact) mass is 224 g/mol. The van der Waals surface area contributed by atoms with Crippen molar-refractivity contribution in [2.45, 2.75) is 25.5 Å². The molecule has 4 heteroatoms. The van der Waals surface area contributed by atoms with E-state index in [1.165, 1.54) is 6.07 Å². The van der Waals surface area contributed by atoms with E-state index in [0.717, 1.165) is 25.1 Å². The summed E-state index contributed by atoms with van der Waals surface area (Å²) in [6.07, 6.45) is 1.48. The molecule has 16 heavy (non-hydrogen) atoms. The van der Waals surface area contributed by atoms with Gasteiger partial charge in [0.15, 0.2) is 0 Å². The lowest BCUT2D eigenvalue weighted by molar-refractivity contribution is 0.154. The van der Waals surface area contributed by atoms with Gasteiger partial charge in [0.2, 0.25) is 0 Å². The van der Waals surface area contributed by atoms with Gasteiger partial charge in [0.25, 0.3) is 0 Å². The fraction of sp³-hybridized carbons (Fsp3) is 0.500. The van der Waals surface area contributed by atoms with Crippen LogP contribution in [0.25, 0.3) is 0 Å². The lowest BCUT2D eigenvalue weighted by Gasteiger charge is -2.32. The van der Waals surface area contributed by atoms with Gasteiger partial charge in [-0.05, 0) is 25.0 Å². The van der Waals surface area contributed by atoms with E-state index in [4.69, 9.17) is 5.73 Å². The molecule has 1 unspecified atom stereocenters. The minimum Gasteiger partial charge on any atom is -0.391 e. The molecule has 1 aliphatic heterocycles. The van der Waals surface area contributed by atoms with Crippen LogP contribution in [-0.2, 0) is 6.54 Å². The van der Waals surface area contributed by atoms with Crippen molar-refractivity contribution < 1.29 is 9.50 Å². The summed E-state index contributed by atoms with van der Waals surface area (Å²) in [4.78, 5) is 2.01. The van der Waals surface area contributed by atoms with Crippen LogP contribution >= 0.6 is 0 Å². The Kier molecular flexibility index (Phi) is 3.41. The van der Waals surface area contributed by atoms with Gasteiger partial charge >= 0.3 is 0 Å². The number of aliphatic hydroxyl groups is 1. The Bertz CT molecular complexity index is 370. The van der Waals surface area contributed by atoms with Crippen molar-refractivity contribution in [3.05, 3.63) is 29.6 Å². The topological polar surface area (TPSA) is 49.5 Å². The number of β-amino-alcohol motifs (C(OH)–C–C–N with tert-alkyl or cyclic N) is 1. The van der Waals surface area contributed by atoms with Gasteiger partial charge in [0, 0.05) is 30.9 Å². The van der Waals surface area contributed by atoms with E-state index in [1.54, 1.807) is 6.07 Å². The first-order valence-electron chi connectivity index (χ1n) is 5.62. The molecule has 1 aliphatic rings. The maximum absolute atomic E-state index is 13.5. The molecule has 1 aromatic carbocycles. The molecule has 3 nitrogen and oxygen atoms in total. The molecule has 0 aromatic heterocycles. The summed E-state index contributed by atoms with van der Waals surface area (Å²) >= 11 is 0. The standard InChI is InChI=1S/C12H17FN2O/c13-12-6-10(4-3-9(12)7-14)15-5-1-2-11(16)8-15/h3-4,6,11,16H,1-2,5,7-8,14H2. The first-order valence-corrected chi connectivity index (χ1v) is 5.62. The predicted molar refractivity (Wildman–Crippen MR) is 61.7 cm³/mol. The van der Waals surface area contributed by atoms with Crippen LogP contribution in [0.4, 0.5) is 10.1 Å². The fourth-order valence-electron chi connectivity index (χ4n) is 2.09. The molecule has 0 saturated carbocycles. The summed E-state index contributed by atoms with van der Waals surface area (Å²) in [5, 5.41) is 9.56. The second-order valence-corrected chi connectivity index (χ2v) is 4.22. The van der Waals surface area contributed by atoms with Crippen LogP contribution in [0, 0.1) is 5.82 Å². The van der Waals surface area contributed by atoms with Crippen molar-refractivity contribution in [3.8, 4) is 0 Å². The van der Waals surface area contributed by atoms with E-state index in [0.29, 0.717) is 12.1 Å². The van der Waals surface area contributed by atoms with E-state index in [2.05, 4.69) is 0 Å². The molecule has 2 rings (SSSR count). The van der Waals surface area contributed by atoms with Crippen LogP contribution in [0.2, 0.25) is 0 Å². The molecule has 1 aromatic rings. The number of halogens is 1. The van der Waals surface area contributed by atoms with Gasteiger partial charge in [-0.3, -0.25) is 0 Å². The zero-order valence-electron chi connectivity index (χ0n) is 9.19. The minimum atomic E-state index is -0.300. The summed E-state index contributed by atoms with van der Waals surface area (Å²) in [6, 6.07) is 5.08. The highest BCUT2D eigenvalue weighted by Crippen LogP contribution is 2.22. The lowest BCUT2D eigenvalue weighted by Crippen LogP contribution is -2.38. The Labute approximate surface area is 94.7 Å². The van der Waals surface area contributed by atoms with E-state index in [1.807, 2.05) is 11.0 Å². The number of piperidine rings is 1. The number of hydrogen-bond donors (Lipinski definition) is 2. The second kappa shape index (κ2) is 4.80. The Morgan fingerprint density at radius 2 is 2.31 bits per heavy atom. The van der Waals surface area contributed by atoms with E-state index < -0.39 is 0 Å². The Balaban J connectivity index is 2.17. The second-order valence-electron chi connectivity index (χ2n) is 4.22. The number of rotatable bonds is 2. The minimum absolute atomic E-state index is 0.217. The van der Waals surface area contributed by atoms with Gasteiger partial charge in [-0.15, -0.1) is 0 Å². The summed E-state index contributed by atoms with van der Waals surface area (Å²) in [5.74, 6) is -0.264. The third-order valence-corrected chi connectivity index (χ3v) is 3.02. The molecule has 0 radical (unpaired) electrons. The van der Waals surface area contributed by atoms with E-state index in [-0.39, 0.29) is 18.5 Å². The van der Waals surface area contributed by atoms with Crippen molar-refractivity contribution in [1.29, 1.82) is 0 Å². The molecule has 88 valence electrons. The van der Waals surface area contributed by atoms with Gasteiger partial charge in [-0.25, -0.2) is 4.39 Å². The lowest BCUT2D eigenvalue weighted by atomic mass is 10.1. The summed E-state index contributed by atoms with van der Waals surface area (Å²) in [6.45, 7) is 1.68. The van der Waals surface area contributed by atoms with Gasteiger partial charge < -0.3 is 15.7 Å². The number of anilines is 1. The van der Waals surface area contributed by atoms with Crippen LogP contribution in [0.1, 0.15) is 18.4 Å². The Hall–Kier alpha value is -1.13. The maximum atomic E-state index is 13.5. The first kappa shape index (κ1) is 11.4. The van der Waals surface area contributed by atoms with Crippen LogP contribution in [-0.4, -0.2) is 24.3 Å². The van der Waals surface area contributed by atoms with Crippen molar-refractivity contribution in [2.24, 2.45) is 5.73 Å². The van der Waals surface area contributed by atoms with Crippen molar-refractivity contribution >= 4 is 5.69 Å². The molecule has 1 saturated heterocycles. The largest absolute Gasteiger partial charge is 0.391 e. The molecule has 0 aliphatic carbocycles. The Morgan fingerprint density at radius 1 is 1.50 bits per heavy atom. The van der Waals surface area contributed by atoms with Gasteiger partial charge in [-0.1, -0.05) is 6.07 Å². The average Bonchev–Trinajstić information content (AvgIpc) is 2.29. The SMILES string of the molecule is NCc1ccc(N2CCCC(O)C2)cc1F. The fourth-order valence-corrected chi connectivity index (χ4v) is 2.09. The highest BCUT2D eigenvalue weighted by atomic mass is 19.1. The molecule has 0 spiro atoms. The van der Waals surface area contributed by atoms with Crippen LogP contribution in [0.3, 0.4) is 0 Å². The zero-order valence-corrected chi connectivity index (χ0v) is 9.19. The quantitative estimate of drug-likeness (QED) is 0.794. The number of benzene rings is 1. The smallest absolute Gasteiger partial charge is 0.129 e. The number of nitrogens with zero attached hydrogens (tertiary/aromatic N) is 1. The van der Waals surface area contributed by atoms with Crippen molar-refractivity contribution in [3.63, 3.8) is 0 Å². The molecule has 0 amide bonds. The molecule has 1 heterocycles. The van der Waals surface area contributed by atoms with Gasteiger partial charge in [-0.2, -0.15) is 0 Å². The predicted octanol–water partition coefficient (Wildman–Crippen LogP) is 1.25. The molecule has 0 bridgehead atoms. The Morgan fingerprint density at radius 3 is 2.94 bits per heavy atom. The highest BCUT2D eigenvalue weighted by molar-refractivity contribution is 5.48. The molecule has 1 fully saturated rings.